The maximum Gasteiger partial charge on any atom is 0.324 e. The number of carbonyl (C=O) groups is 2. The van der Waals surface area contributed by atoms with Crippen molar-refractivity contribution in [2.24, 2.45) is 5.92 Å². The van der Waals surface area contributed by atoms with Crippen LogP contribution in [0, 0.1) is 5.92 Å². The number of likely N-dealkylation sites (tertiary alicyclic amines) is 1. The number of rotatable bonds is 7. The smallest absolute Gasteiger partial charge is 0.324 e. The van der Waals surface area contributed by atoms with Gasteiger partial charge in [0, 0.05) is 18.6 Å². The van der Waals surface area contributed by atoms with Crippen molar-refractivity contribution in [2.45, 2.75) is 57.2 Å². The Morgan fingerprint density at radius 1 is 1.26 bits per heavy atom. The van der Waals surface area contributed by atoms with Crippen molar-refractivity contribution in [1.29, 1.82) is 0 Å². The monoisotopic (exact) mass is 374 g/mol. The van der Waals surface area contributed by atoms with Crippen molar-refractivity contribution in [1.82, 2.24) is 9.80 Å². The van der Waals surface area contributed by atoms with E-state index in [0.29, 0.717) is 25.4 Å². The summed E-state index contributed by atoms with van der Waals surface area (Å²) < 4.78 is 5.25. The van der Waals surface area contributed by atoms with Crippen LogP contribution in [0.2, 0.25) is 0 Å². The van der Waals surface area contributed by atoms with Gasteiger partial charge in [-0.3, -0.25) is 14.5 Å². The molecule has 1 heterocycles. The van der Waals surface area contributed by atoms with Gasteiger partial charge in [0.1, 0.15) is 11.3 Å². The van der Waals surface area contributed by atoms with Crippen LogP contribution in [0.15, 0.2) is 24.3 Å². The fourth-order valence-electron chi connectivity index (χ4n) is 4.61. The highest BCUT2D eigenvalue weighted by molar-refractivity contribution is 5.85. The molecule has 0 unspecified atom stereocenters. The maximum atomic E-state index is 13.4. The second-order valence-corrected chi connectivity index (χ2v) is 7.69. The van der Waals surface area contributed by atoms with Gasteiger partial charge < -0.3 is 14.7 Å². The minimum atomic E-state index is -1.02. The van der Waals surface area contributed by atoms with E-state index in [1.165, 1.54) is 0 Å². The summed E-state index contributed by atoms with van der Waals surface area (Å²) in [6, 6.07) is 7.70. The number of nitrogens with zero attached hydrogens (tertiary/aromatic N) is 2. The summed E-state index contributed by atoms with van der Waals surface area (Å²) in [5.74, 6) is -0.379. The summed E-state index contributed by atoms with van der Waals surface area (Å²) in [4.78, 5) is 29.5. The zero-order chi connectivity index (χ0) is 19.8. The van der Waals surface area contributed by atoms with Crippen LogP contribution in [0.25, 0.3) is 0 Å². The Hall–Kier alpha value is -2.08. The van der Waals surface area contributed by atoms with Gasteiger partial charge >= 0.3 is 5.97 Å². The van der Waals surface area contributed by atoms with Gasteiger partial charge in [0.25, 0.3) is 0 Å². The predicted molar refractivity (Wildman–Crippen MR) is 103 cm³/mol. The van der Waals surface area contributed by atoms with Crippen LogP contribution in [0.3, 0.4) is 0 Å². The van der Waals surface area contributed by atoms with Crippen molar-refractivity contribution in [2.75, 3.05) is 20.7 Å². The lowest BCUT2D eigenvalue weighted by Crippen LogP contribution is -2.48. The Morgan fingerprint density at radius 3 is 2.33 bits per heavy atom. The first-order chi connectivity index (χ1) is 12.9. The number of aliphatic carboxylic acids is 1. The first-order valence-electron chi connectivity index (χ1n) is 9.80. The van der Waals surface area contributed by atoms with E-state index in [9.17, 15) is 14.7 Å². The zero-order valence-corrected chi connectivity index (χ0v) is 16.6. The van der Waals surface area contributed by atoms with Crippen molar-refractivity contribution in [3.05, 3.63) is 29.8 Å². The molecule has 3 atom stereocenters. The van der Waals surface area contributed by atoms with Gasteiger partial charge in [-0.15, -0.1) is 0 Å². The Labute approximate surface area is 161 Å². The molecular weight excluding hydrogens is 344 g/mol. The molecule has 148 valence electrons. The summed E-state index contributed by atoms with van der Waals surface area (Å²) in [6.07, 6.45) is 2.90. The third-order valence-electron chi connectivity index (χ3n) is 6.40. The van der Waals surface area contributed by atoms with Crippen LogP contribution < -0.4 is 4.74 Å². The number of hydrogen-bond donors (Lipinski definition) is 1. The Balaban J connectivity index is 2.00. The molecule has 1 saturated carbocycles. The van der Waals surface area contributed by atoms with Gasteiger partial charge in [0.05, 0.1) is 13.0 Å². The molecule has 0 spiro atoms. The van der Waals surface area contributed by atoms with Crippen LogP contribution in [0.1, 0.15) is 51.1 Å². The second kappa shape index (κ2) is 7.50. The van der Waals surface area contributed by atoms with E-state index in [1.807, 2.05) is 55.0 Å². The van der Waals surface area contributed by atoms with Crippen molar-refractivity contribution in [3.63, 3.8) is 0 Å². The molecule has 0 radical (unpaired) electrons. The first-order valence-corrected chi connectivity index (χ1v) is 9.80. The predicted octanol–water partition coefficient (Wildman–Crippen LogP) is 2.93. The normalized spacial score (nSPS) is 28.1. The maximum absolute atomic E-state index is 13.4. The number of methoxy groups -OCH3 is 1. The highest BCUT2D eigenvalue weighted by atomic mass is 16.5. The Kier molecular flexibility index (Phi) is 5.47. The molecule has 1 aromatic carbocycles. The standard InChI is InChI=1S/C21H30N2O4/c1-5-21(20(25)26)13-17(19(24)23(6-2)15-9-10-15)18(22(21)3)14-7-11-16(27-4)12-8-14/h7-8,11-12,15,17-18H,5-6,9-10,13H2,1-4H3,(H,25,26)/t17-,18-,21-/m1/s1. The summed E-state index contributed by atoms with van der Waals surface area (Å²) in [6.45, 7) is 4.56. The fourth-order valence-corrected chi connectivity index (χ4v) is 4.61. The molecule has 1 aliphatic heterocycles. The second-order valence-electron chi connectivity index (χ2n) is 7.69. The fraction of sp³-hybridized carbons (Fsp3) is 0.619. The molecule has 1 aromatic rings. The molecule has 0 aromatic heterocycles. The lowest BCUT2D eigenvalue weighted by atomic mass is 9.86. The molecule has 1 N–H and O–H groups in total. The third-order valence-corrected chi connectivity index (χ3v) is 6.40. The first kappa shape index (κ1) is 19.7. The lowest BCUT2D eigenvalue weighted by molar-refractivity contribution is -0.150. The topological polar surface area (TPSA) is 70.1 Å². The number of hydrogen-bond acceptors (Lipinski definition) is 4. The van der Waals surface area contributed by atoms with E-state index >= 15 is 0 Å². The average molecular weight is 374 g/mol. The lowest BCUT2D eigenvalue weighted by Gasteiger charge is -2.34. The highest BCUT2D eigenvalue weighted by Gasteiger charge is 2.57. The molecule has 2 fully saturated rings. The molecule has 3 rings (SSSR count). The van der Waals surface area contributed by atoms with Gasteiger partial charge in [-0.05, 0) is 57.4 Å². The Morgan fingerprint density at radius 2 is 1.89 bits per heavy atom. The average Bonchev–Trinajstić information content (AvgIpc) is 3.45. The van der Waals surface area contributed by atoms with Crippen LogP contribution in [-0.4, -0.2) is 59.1 Å². The van der Waals surface area contributed by atoms with E-state index in [0.717, 1.165) is 24.2 Å². The summed E-state index contributed by atoms with van der Waals surface area (Å²) >= 11 is 0. The molecule has 1 saturated heterocycles. The van der Waals surface area contributed by atoms with E-state index in [1.54, 1.807) is 7.11 Å². The van der Waals surface area contributed by atoms with Crippen LogP contribution in [0.4, 0.5) is 0 Å². The SMILES string of the molecule is CCN(C(=O)[C@@H]1C[C@](CC)(C(=O)O)N(C)[C@@H]1c1ccc(OC)cc1)C1CC1. The van der Waals surface area contributed by atoms with E-state index in [-0.39, 0.29) is 17.9 Å². The van der Waals surface area contributed by atoms with Crippen molar-refractivity contribution in [3.8, 4) is 5.75 Å². The number of likely N-dealkylation sites (N-methyl/N-ethyl adjacent to an activating group) is 1. The van der Waals surface area contributed by atoms with Gasteiger partial charge in [-0.1, -0.05) is 19.1 Å². The number of carboxylic acid groups (broad SMARTS) is 1. The summed E-state index contributed by atoms with van der Waals surface area (Å²) in [7, 11) is 3.46. The molecule has 27 heavy (non-hydrogen) atoms. The highest BCUT2D eigenvalue weighted by Crippen LogP contribution is 2.49. The van der Waals surface area contributed by atoms with Crippen molar-refractivity contribution >= 4 is 11.9 Å². The number of ether oxygens (including phenoxy) is 1. The minimum Gasteiger partial charge on any atom is -0.497 e. The molecule has 2 aliphatic rings. The molecule has 1 aliphatic carbocycles. The molecule has 6 heteroatoms. The molecule has 6 nitrogen and oxygen atoms in total. The minimum absolute atomic E-state index is 0.0873. The van der Waals surface area contributed by atoms with Gasteiger partial charge in [-0.2, -0.15) is 0 Å². The number of carboxylic acids is 1. The van der Waals surface area contributed by atoms with E-state index < -0.39 is 11.5 Å². The third kappa shape index (κ3) is 3.31. The number of carbonyl (C=O) groups excluding carboxylic acids is 1. The van der Waals surface area contributed by atoms with Gasteiger partial charge in [-0.25, -0.2) is 0 Å². The Bertz CT molecular complexity index is 701. The van der Waals surface area contributed by atoms with Crippen LogP contribution in [-0.2, 0) is 9.59 Å². The quantitative estimate of drug-likeness (QED) is 0.795. The summed E-state index contributed by atoms with van der Waals surface area (Å²) in [5.41, 5.74) is -0.0616. The van der Waals surface area contributed by atoms with Crippen LogP contribution >= 0.6 is 0 Å². The number of benzene rings is 1. The summed E-state index contributed by atoms with van der Waals surface area (Å²) in [5, 5.41) is 10.0. The zero-order valence-electron chi connectivity index (χ0n) is 16.6. The molecular formula is C21H30N2O4. The molecule has 1 amide bonds. The van der Waals surface area contributed by atoms with Gasteiger partial charge in [0.15, 0.2) is 0 Å². The van der Waals surface area contributed by atoms with Crippen molar-refractivity contribution < 1.29 is 19.4 Å². The van der Waals surface area contributed by atoms with E-state index in [4.69, 9.17) is 4.74 Å². The van der Waals surface area contributed by atoms with E-state index in [2.05, 4.69) is 0 Å². The molecule has 0 bridgehead atoms. The number of amides is 1. The van der Waals surface area contributed by atoms with Crippen LogP contribution in [0.5, 0.6) is 5.75 Å². The largest absolute Gasteiger partial charge is 0.497 e. The van der Waals surface area contributed by atoms with Gasteiger partial charge in [0.2, 0.25) is 5.91 Å².